The molecule has 3 rings (SSSR count). The van der Waals surface area contributed by atoms with Gasteiger partial charge in [0.2, 0.25) is 0 Å². The number of benzene rings is 1. The Balaban J connectivity index is 1.83. The molecule has 0 saturated carbocycles. The number of hydrogen-bond donors (Lipinski definition) is 0. The van der Waals surface area contributed by atoms with Crippen LogP contribution in [0, 0.1) is 0 Å². The van der Waals surface area contributed by atoms with Gasteiger partial charge >= 0.3 is 0 Å². The van der Waals surface area contributed by atoms with Crippen LogP contribution < -0.4 is 9.47 Å². The Labute approximate surface area is 164 Å². The van der Waals surface area contributed by atoms with Gasteiger partial charge in [-0.2, -0.15) is 0 Å². The van der Waals surface area contributed by atoms with Gasteiger partial charge in [-0.15, -0.1) is 0 Å². The van der Waals surface area contributed by atoms with Crippen molar-refractivity contribution in [1.29, 1.82) is 0 Å². The summed E-state index contributed by atoms with van der Waals surface area (Å²) in [6.45, 7) is 1.28. The molecule has 0 spiro atoms. The molecule has 1 aromatic carbocycles. The normalized spacial score (nSPS) is 22.1. The van der Waals surface area contributed by atoms with Gasteiger partial charge in [-0.05, 0) is 52.5 Å². The molecule has 1 atom stereocenters. The van der Waals surface area contributed by atoms with Crippen molar-refractivity contribution >= 4 is 56.2 Å². The van der Waals surface area contributed by atoms with Crippen LogP contribution in [0.2, 0.25) is 0 Å². The molecule has 25 heavy (non-hydrogen) atoms. The topological polar surface area (TPSA) is 48.0 Å². The van der Waals surface area contributed by atoms with E-state index in [2.05, 4.69) is 15.9 Å². The first-order valence-corrected chi connectivity index (χ1v) is 9.83. The van der Waals surface area contributed by atoms with Crippen molar-refractivity contribution in [1.82, 2.24) is 4.90 Å². The Kier molecular flexibility index (Phi) is 6.04. The van der Waals surface area contributed by atoms with Gasteiger partial charge in [-0.1, -0.05) is 24.0 Å². The minimum absolute atomic E-state index is 0.0728. The highest BCUT2D eigenvalue weighted by Gasteiger charge is 2.34. The number of thioether (sulfide) groups is 1. The van der Waals surface area contributed by atoms with Gasteiger partial charge in [0, 0.05) is 6.61 Å². The van der Waals surface area contributed by atoms with Gasteiger partial charge in [-0.3, -0.25) is 9.69 Å². The van der Waals surface area contributed by atoms with Crippen LogP contribution in [0.3, 0.4) is 0 Å². The van der Waals surface area contributed by atoms with Gasteiger partial charge in [0.1, 0.15) is 4.32 Å². The minimum Gasteiger partial charge on any atom is -0.493 e. The molecule has 5 nitrogen and oxygen atoms in total. The highest BCUT2D eigenvalue weighted by molar-refractivity contribution is 9.10. The van der Waals surface area contributed by atoms with Gasteiger partial charge in [0.25, 0.3) is 5.91 Å². The molecule has 0 N–H and O–H groups in total. The first kappa shape index (κ1) is 18.7. The van der Waals surface area contributed by atoms with Crippen LogP contribution in [-0.2, 0) is 9.53 Å². The van der Waals surface area contributed by atoms with E-state index in [-0.39, 0.29) is 12.0 Å². The Morgan fingerprint density at radius 1 is 1.44 bits per heavy atom. The molecule has 8 heteroatoms. The number of thiocarbonyl (C=S) groups is 1. The van der Waals surface area contributed by atoms with Crippen LogP contribution in [-0.4, -0.2) is 48.6 Å². The lowest BCUT2D eigenvalue weighted by atomic mass is 10.1. The maximum Gasteiger partial charge on any atom is 0.266 e. The molecule has 2 heterocycles. The Morgan fingerprint density at radius 3 is 2.88 bits per heavy atom. The number of rotatable bonds is 5. The summed E-state index contributed by atoms with van der Waals surface area (Å²) in [6, 6.07) is 3.71. The van der Waals surface area contributed by atoms with Crippen LogP contribution in [0.5, 0.6) is 11.5 Å². The standard InChI is InChI=1S/C17H18BrNO4S2/c1-21-13-7-10(6-12(18)15(13)22-2)8-14-16(20)19(17(24)25-14)9-11-4-3-5-23-11/h6-8,11H,3-5,9H2,1-2H3/b14-8-/t11-/m0/s1. The summed E-state index contributed by atoms with van der Waals surface area (Å²) in [7, 11) is 3.16. The lowest BCUT2D eigenvalue weighted by Gasteiger charge is -2.18. The Bertz CT molecular complexity index is 732. The molecular weight excluding hydrogens is 426 g/mol. The fourth-order valence-corrected chi connectivity index (χ4v) is 4.72. The molecule has 2 fully saturated rings. The summed E-state index contributed by atoms with van der Waals surface area (Å²) in [5.41, 5.74) is 0.835. The van der Waals surface area contributed by atoms with E-state index in [0.29, 0.717) is 27.3 Å². The third-order valence-electron chi connectivity index (χ3n) is 4.04. The predicted molar refractivity (Wildman–Crippen MR) is 106 cm³/mol. The second-order valence-corrected chi connectivity index (χ2v) is 8.20. The molecule has 2 aliphatic heterocycles. The van der Waals surface area contributed by atoms with E-state index in [0.717, 1.165) is 29.5 Å². The zero-order valence-electron chi connectivity index (χ0n) is 13.9. The molecule has 2 aliphatic rings. The van der Waals surface area contributed by atoms with Crippen LogP contribution in [0.15, 0.2) is 21.5 Å². The second kappa shape index (κ2) is 8.07. The summed E-state index contributed by atoms with van der Waals surface area (Å²) >= 11 is 10.2. The molecular formula is C17H18BrNO4S2. The summed E-state index contributed by atoms with van der Waals surface area (Å²) in [4.78, 5) is 14.9. The Hall–Kier alpha value is -1.09. The van der Waals surface area contributed by atoms with E-state index in [1.54, 1.807) is 19.1 Å². The minimum atomic E-state index is -0.0728. The summed E-state index contributed by atoms with van der Waals surface area (Å²) in [6.07, 6.45) is 3.91. The molecule has 0 aromatic heterocycles. The molecule has 0 bridgehead atoms. The van der Waals surface area contributed by atoms with Gasteiger partial charge in [-0.25, -0.2) is 0 Å². The summed E-state index contributed by atoms with van der Waals surface area (Å²) < 4.78 is 17.6. The van der Waals surface area contributed by atoms with Crippen LogP contribution in [0.4, 0.5) is 0 Å². The molecule has 1 aromatic rings. The second-order valence-electron chi connectivity index (χ2n) is 5.67. The smallest absolute Gasteiger partial charge is 0.266 e. The zero-order valence-corrected chi connectivity index (χ0v) is 17.1. The van der Waals surface area contributed by atoms with Crippen LogP contribution >= 0.6 is 39.9 Å². The third kappa shape index (κ3) is 4.02. The highest BCUT2D eigenvalue weighted by atomic mass is 79.9. The lowest BCUT2D eigenvalue weighted by Crippen LogP contribution is -2.35. The van der Waals surface area contributed by atoms with Crippen LogP contribution in [0.1, 0.15) is 18.4 Å². The van der Waals surface area contributed by atoms with Gasteiger partial charge in [0.15, 0.2) is 11.5 Å². The maximum absolute atomic E-state index is 12.7. The molecule has 1 amide bonds. The SMILES string of the molecule is COc1cc(/C=C2\SC(=S)N(C[C@@H]3CCCO3)C2=O)cc(Br)c1OC. The first-order valence-electron chi connectivity index (χ1n) is 7.82. The predicted octanol–water partition coefficient (Wildman–Crippen LogP) is 3.85. The number of ether oxygens (including phenoxy) is 3. The number of hydrogen-bond acceptors (Lipinski definition) is 6. The average molecular weight is 444 g/mol. The first-order chi connectivity index (χ1) is 12.0. The van der Waals surface area contributed by atoms with E-state index < -0.39 is 0 Å². The Morgan fingerprint density at radius 2 is 2.24 bits per heavy atom. The maximum atomic E-state index is 12.7. The quantitative estimate of drug-likeness (QED) is 0.508. The zero-order chi connectivity index (χ0) is 18.0. The summed E-state index contributed by atoms with van der Waals surface area (Å²) in [5.74, 6) is 1.14. The fraction of sp³-hybridized carbons (Fsp3) is 0.412. The van der Waals surface area contributed by atoms with Crippen molar-refractivity contribution in [2.45, 2.75) is 18.9 Å². The van der Waals surface area contributed by atoms with E-state index in [9.17, 15) is 4.79 Å². The molecule has 2 saturated heterocycles. The monoisotopic (exact) mass is 443 g/mol. The summed E-state index contributed by atoms with van der Waals surface area (Å²) in [5, 5.41) is 0. The fourth-order valence-electron chi connectivity index (χ4n) is 2.82. The molecule has 0 aliphatic carbocycles. The van der Waals surface area contributed by atoms with E-state index in [4.69, 9.17) is 26.4 Å². The molecule has 0 radical (unpaired) electrons. The van der Waals surface area contributed by atoms with Crippen molar-refractivity contribution in [3.8, 4) is 11.5 Å². The number of methoxy groups -OCH3 is 2. The average Bonchev–Trinajstić information content (AvgIpc) is 3.19. The molecule has 0 unspecified atom stereocenters. The van der Waals surface area contributed by atoms with Gasteiger partial charge < -0.3 is 14.2 Å². The van der Waals surface area contributed by atoms with Crippen molar-refractivity contribution in [2.24, 2.45) is 0 Å². The number of halogens is 1. The number of carbonyl (C=O) groups excluding carboxylic acids is 1. The van der Waals surface area contributed by atoms with E-state index >= 15 is 0 Å². The highest BCUT2D eigenvalue weighted by Crippen LogP contribution is 2.39. The number of amides is 1. The van der Waals surface area contributed by atoms with E-state index in [1.807, 2.05) is 18.2 Å². The van der Waals surface area contributed by atoms with Crippen molar-refractivity contribution in [2.75, 3.05) is 27.4 Å². The third-order valence-corrected chi connectivity index (χ3v) is 6.00. The lowest BCUT2D eigenvalue weighted by molar-refractivity contribution is -0.123. The van der Waals surface area contributed by atoms with E-state index in [1.165, 1.54) is 11.8 Å². The van der Waals surface area contributed by atoms with Crippen LogP contribution in [0.25, 0.3) is 6.08 Å². The van der Waals surface area contributed by atoms with Gasteiger partial charge in [0.05, 0.1) is 36.2 Å². The number of nitrogens with zero attached hydrogens (tertiary/aromatic N) is 1. The van der Waals surface area contributed by atoms with Crippen molar-refractivity contribution in [3.05, 3.63) is 27.1 Å². The van der Waals surface area contributed by atoms with Crippen molar-refractivity contribution < 1.29 is 19.0 Å². The van der Waals surface area contributed by atoms with Crippen molar-refractivity contribution in [3.63, 3.8) is 0 Å². The molecule has 134 valence electrons. The largest absolute Gasteiger partial charge is 0.493 e. The number of carbonyl (C=O) groups is 1.